The van der Waals surface area contributed by atoms with Crippen LogP contribution in [0.15, 0.2) is 30.6 Å². The molecule has 0 radical (unpaired) electrons. The number of nitrogens with zero attached hydrogens (tertiary/aromatic N) is 7. The second-order valence-corrected chi connectivity index (χ2v) is 9.19. The van der Waals surface area contributed by atoms with E-state index < -0.39 is 0 Å². The van der Waals surface area contributed by atoms with E-state index in [0.717, 1.165) is 5.56 Å². The van der Waals surface area contributed by atoms with Crippen LogP contribution in [-0.4, -0.2) is 101 Å². The molecule has 12 nitrogen and oxygen atoms in total. The van der Waals surface area contributed by atoms with E-state index in [1.807, 2.05) is 9.80 Å². The Kier molecular flexibility index (Phi) is 7.35. The summed E-state index contributed by atoms with van der Waals surface area (Å²) in [5.41, 5.74) is 3.45. The molecule has 4 heterocycles. The average molecular weight is 509 g/mol. The van der Waals surface area contributed by atoms with Gasteiger partial charge in [0.15, 0.2) is 17.0 Å². The topological polar surface area (TPSA) is 118 Å². The van der Waals surface area contributed by atoms with Crippen LogP contribution >= 0.6 is 0 Å². The smallest absolute Gasteiger partial charge is 0.325 e. The van der Waals surface area contributed by atoms with Crippen LogP contribution in [0.4, 0.5) is 16.6 Å². The lowest BCUT2D eigenvalue weighted by Gasteiger charge is -2.38. The Morgan fingerprint density at radius 2 is 1.70 bits per heavy atom. The van der Waals surface area contributed by atoms with Crippen molar-refractivity contribution in [3.8, 4) is 0 Å². The standard InChI is InChI=1S/C25H32N8O4/c1-18-3-5-19(6-4-18)15-26-22-21-23(33(17-27-21)16-20(34)36-2)29-24(28-22)30-7-9-31(10-8-30)25(35)32-11-13-37-14-12-32/h3-6,17H,7-16H2,1-2H3,(H,26,28,29). The molecule has 0 aliphatic carbocycles. The third-order valence-electron chi connectivity index (χ3n) is 6.67. The van der Waals surface area contributed by atoms with Gasteiger partial charge in [0.05, 0.1) is 26.7 Å². The highest BCUT2D eigenvalue weighted by Crippen LogP contribution is 2.24. The third-order valence-corrected chi connectivity index (χ3v) is 6.67. The summed E-state index contributed by atoms with van der Waals surface area (Å²) in [7, 11) is 1.36. The number of amides is 2. The largest absolute Gasteiger partial charge is 0.468 e. The third kappa shape index (κ3) is 5.58. The summed E-state index contributed by atoms with van der Waals surface area (Å²) in [5, 5.41) is 3.40. The van der Waals surface area contributed by atoms with E-state index >= 15 is 0 Å². The number of aryl methyl sites for hydroxylation is 1. The predicted octanol–water partition coefficient (Wildman–Crippen LogP) is 1.49. The summed E-state index contributed by atoms with van der Waals surface area (Å²) < 4.78 is 11.9. The number of esters is 1. The van der Waals surface area contributed by atoms with Gasteiger partial charge in [-0.3, -0.25) is 4.79 Å². The first-order valence-corrected chi connectivity index (χ1v) is 12.5. The minimum Gasteiger partial charge on any atom is -0.468 e. The minimum atomic E-state index is -0.385. The fourth-order valence-electron chi connectivity index (χ4n) is 4.46. The van der Waals surface area contributed by atoms with Gasteiger partial charge in [0.1, 0.15) is 6.54 Å². The molecule has 0 saturated carbocycles. The molecule has 0 bridgehead atoms. The predicted molar refractivity (Wildman–Crippen MR) is 137 cm³/mol. The number of hydrogen-bond acceptors (Lipinski definition) is 9. The zero-order chi connectivity index (χ0) is 25.8. The Morgan fingerprint density at radius 1 is 1.00 bits per heavy atom. The molecule has 196 valence electrons. The number of aromatic nitrogens is 4. The number of methoxy groups -OCH3 is 1. The first-order chi connectivity index (χ1) is 18.0. The van der Waals surface area contributed by atoms with Crippen LogP contribution in [0.1, 0.15) is 11.1 Å². The maximum atomic E-state index is 12.9. The van der Waals surface area contributed by atoms with E-state index in [1.54, 1.807) is 10.9 Å². The van der Waals surface area contributed by atoms with Gasteiger partial charge >= 0.3 is 12.0 Å². The number of carbonyl (C=O) groups excluding carboxylic acids is 2. The number of imidazole rings is 1. The van der Waals surface area contributed by atoms with E-state index in [0.29, 0.717) is 82.0 Å². The van der Waals surface area contributed by atoms with Gasteiger partial charge < -0.3 is 34.1 Å². The Hall–Kier alpha value is -3.93. The molecule has 2 fully saturated rings. The Bertz CT molecular complexity index is 1250. The number of nitrogens with one attached hydrogen (secondary N) is 1. The molecule has 2 saturated heterocycles. The number of hydrogen-bond donors (Lipinski definition) is 1. The number of urea groups is 1. The Labute approximate surface area is 215 Å². The summed E-state index contributed by atoms with van der Waals surface area (Å²) in [5.74, 6) is 0.740. The number of fused-ring (bicyclic) bond motifs is 1. The number of ether oxygens (including phenoxy) is 2. The van der Waals surface area contributed by atoms with E-state index in [9.17, 15) is 9.59 Å². The molecule has 12 heteroatoms. The first-order valence-electron chi connectivity index (χ1n) is 12.5. The van der Waals surface area contributed by atoms with Gasteiger partial charge in [-0.15, -0.1) is 0 Å². The van der Waals surface area contributed by atoms with Crippen LogP contribution in [0.25, 0.3) is 11.2 Å². The van der Waals surface area contributed by atoms with Crippen LogP contribution in [0.3, 0.4) is 0 Å². The van der Waals surface area contributed by atoms with Crippen molar-refractivity contribution in [3.63, 3.8) is 0 Å². The van der Waals surface area contributed by atoms with Crippen molar-refractivity contribution >= 4 is 34.9 Å². The van der Waals surface area contributed by atoms with Gasteiger partial charge in [-0.25, -0.2) is 9.78 Å². The summed E-state index contributed by atoms with van der Waals surface area (Å²) in [4.78, 5) is 44.7. The van der Waals surface area contributed by atoms with Gasteiger partial charge in [-0.1, -0.05) is 29.8 Å². The molecule has 0 spiro atoms. The fourth-order valence-corrected chi connectivity index (χ4v) is 4.46. The van der Waals surface area contributed by atoms with Gasteiger partial charge in [-0.05, 0) is 12.5 Å². The van der Waals surface area contributed by atoms with Crippen LogP contribution in [0.5, 0.6) is 0 Å². The monoisotopic (exact) mass is 508 g/mol. The van der Waals surface area contributed by atoms with Gasteiger partial charge in [-0.2, -0.15) is 9.97 Å². The van der Waals surface area contributed by atoms with Gasteiger partial charge in [0.2, 0.25) is 5.95 Å². The van der Waals surface area contributed by atoms with Gasteiger partial charge in [0, 0.05) is 45.8 Å². The maximum absolute atomic E-state index is 12.9. The number of anilines is 2. The highest BCUT2D eigenvalue weighted by molar-refractivity contribution is 5.85. The molecule has 2 amide bonds. The molecular weight excluding hydrogens is 476 g/mol. The number of benzene rings is 1. The molecular formula is C25H32N8O4. The number of morpholine rings is 1. The van der Waals surface area contributed by atoms with Crippen molar-refractivity contribution in [1.82, 2.24) is 29.3 Å². The van der Waals surface area contributed by atoms with Crippen LogP contribution in [0, 0.1) is 6.92 Å². The van der Waals surface area contributed by atoms with Crippen molar-refractivity contribution < 1.29 is 19.1 Å². The molecule has 37 heavy (non-hydrogen) atoms. The summed E-state index contributed by atoms with van der Waals surface area (Å²) in [6.45, 7) is 7.39. The number of piperazine rings is 1. The van der Waals surface area contributed by atoms with Crippen molar-refractivity contribution in [3.05, 3.63) is 41.7 Å². The van der Waals surface area contributed by atoms with E-state index in [2.05, 4.69) is 46.4 Å². The SMILES string of the molecule is COC(=O)Cn1cnc2c(NCc3ccc(C)cc3)nc(N3CCN(C(=O)N4CCOCC4)CC3)nc21. The molecule has 5 rings (SSSR count). The van der Waals surface area contributed by atoms with Crippen LogP contribution < -0.4 is 10.2 Å². The van der Waals surface area contributed by atoms with Crippen molar-refractivity contribution in [2.24, 2.45) is 0 Å². The zero-order valence-corrected chi connectivity index (χ0v) is 21.2. The number of rotatable bonds is 6. The van der Waals surface area contributed by atoms with E-state index in [-0.39, 0.29) is 18.5 Å². The first kappa shape index (κ1) is 24.8. The highest BCUT2D eigenvalue weighted by Gasteiger charge is 2.28. The van der Waals surface area contributed by atoms with E-state index in [4.69, 9.17) is 19.4 Å². The molecule has 0 atom stereocenters. The fraction of sp³-hybridized carbons (Fsp3) is 0.480. The van der Waals surface area contributed by atoms with Crippen LogP contribution in [-0.2, 0) is 27.4 Å². The quantitative estimate of drug-likeness (QED) is 0.494. The molecule has 3 aromatic rings. The molecule has 2 aliphatic heterocycles. The highest BCUT2D eigenvalue weighted by atomic mass is 16.5. The molecule has 2 aromatic heterocycles. The average Bonchev–Trinajstić information content (AvgIpc) is 3.35. The maximum Gasteiger partial charge on any atom is 0.325 e. The summed E-state index contributed by atoms with van der Waals surface area (Å²) in [6, 6.07) is 8.34. The lowest BCUT2D eigenvalue weighted by molar-refractivity contribution is -0.141. The lowest BCUT2D eigenvalue weighted by Crippen LogP contribution is -2.55. The summed E-state index contributed by atoms with van der Waals surface area (Å²) in [6.07, 6.45) is 1.58. The molecule has 1 N–H and O–H groups in total. The Morgan fingerprint density at radius 3 is 2.41 bits per heavy atom. The second-order valence-electron chi connectivity index (χ2n) is 9.19. The molecule has 1 aromatic carbocycles. The summed E-state index contributed by atoms with van der Waals surface area (Å²) >= 11 is 0. The van der Waals surface area contributed by atoms with Crippen LogP contribution in [0.2, 0.25) is 0 Å². The Balaban J connectivity index is 1.36. The lowest BCUT2D eigenvalue weighted by atomic mass is 10.1. The molecule has 0 unspecified atom stereocenters. The second kappa shape index (κ2) is 11.0. The van der Waals surface area contributed by atoms with Crippen molar-refractivity contribution in [2.45, 2.75) is 20.0 Å². The number of carbonyl (C=O) groups is 2. The van der Waals surface area contributed by atoms with Crippen molar-refractivity contribution in [2.75, 3.05) is 69.8 Å². The van der Waals surface area contributed by atoms with E-state index in [1.165, 1.54) is 12.7 Å². The van der Waals surface area contributed by atoms with Crippen molar-refractivity contribution in [1.29, 1.82) is 0 Å². The van der Waals surface area contributed by atoms with Gasteiger partial charge in [0.25, 0.3) is 0 Å². The minimum absolute atomic E-state index is 0.00266. The zero-order valence-electron chi connectivity index (χ0n) is 21.2. The molecule has 2 aliphatic rings. The normalized spacial score (nSPS) is 16.2.